The zero-order valence-corrected chi connectivity index (χ0v) is 21.9. The van der Waals surface area contributed by atoms with E-state index in [1.807, 2.05) is 6.07 Å². The highest BCUT2D eigenvalue weighted by Gasteiger charge is 2.69. The first kappa shape index (κ1) is 25.7. The molecule has 38 heavy (non-hydrogen) atoms. The van der Waals surface area contributed by atoms with Gasteiger partial charge in [0.15, 0.2) is 12.7 Å². The van der Waals surface area contributed by atoms with Crippen LogP contribution in [0.5, 0.6) is 11.5 Å². The number of carbonyl (C=O) groups is 2. The van der Waals surface area contributed by atoms with Gasteiger partial charge >= 0.3 is 0 Å². The summed E-state index contributed by atoms with van der Waals surface area (Å²) in [4.78, 5) is 25.6. The number of rotatable bonds is 8. The molecular formula is C27H28Cl2FN3O5. The van der Waals surface area contributed by atoms with Crippen LogP contribution in [0.1, 0.15) is 50.1 Å². The Morgan fingerprint density at radius 1 is 1.05 bits per heavy atom. The average Bonchev–Trinajstić information content (AvgIpc) is 2.81. The molecule has 2 aromatic carbocycles. The largest absolute Gasteiger partial charge is 0.484 e. The summed E-state index contributed by atoms with van der Waals surface area (Å²) in [6.07, 6.45) is 2.76. The van der Waals surface area contributed by atoms with Crippen LogP contribution >= 0.6 is 23.2 Å². The standard InChI is InChI=1S/C27H28Cl2FN3O5/c28-14-1-4-22-18(5-14)21(31-15-6-16(34)7-15)9-23(38-22)25(36)33-27-11-26(12-27,13-27)32-24(35)10-37-17-2-3-19(29)20(30)8-17/h1-5,8,15-16,21,23,31,34H,6-7,9-13H2,(H,32,35)(H,33,36)/t15-,16+,21-,23+,26?,27?/m1/s1. The van der Waals surface area contributed by atoms with Gasteiger partial charge in [0.05, 0.1) is 11.1 Å². The molecule has 2 bridgehead atoms. The predicted octanol–water partition coefficient (Wildman–Crippen LogP) is 3.42. The SMILES string of the molecule is O=C(COc1ccc(Cl)c(F)c1)NC12CC(NC(=O)[C@@H]3C[C@@H](N[C@H]4C[C@@H](O)C4)c4cc(Cl)ccc4O3)(C1)C2. The molecule has 5 aliphatic rings. The summed E-state index contributed by atoms with van der Waals surface area (Å²) >= 11 is 11.9. The summed E-state index contributed by atoms with van der Waals surface area (Å²) in [5.74, 6) is -0.249. The molecule has 4 saturated carbocycles. The third-order valence-corrected chi connectivity index (χ3v) is 8.53. The van der Waals surface area contributed by atoms with Crippen LogP contribution in [0.25, 0.3) is 0 Å². The first-order valence-corrected chi connectivity index (χ1v) is 13.5. The lowest BCUT2D eigenvalue weighted by atomic mass is 9.44. The van der Waals surface area contributed by atoms with Crippen molar-refractivity contribution in [3.8, 4) is 11.5 Å². The number of nitrogens with one attached hydrogen (secondary N) is 3. The van der Waals surface area contributed by atoms with E-state index in [4.69, 9.17) is 32.7 Å². The molecule has 0 aromatic heterocycles. The zero-order valence-electron chi connectivity index (χ0n) is 20.4. The van der Waals surface area contributed by atoms with Crippen molar-refractivity contribution < 1.29 is 28.6 Å². The molecule has 4 N–H and O–H groups in total. The van der Waals surface area contributed by atoms with Crippen molar-refractivity contribution in [3.63, 3.8) is 0 Å². The van der Waals surface area contributed by atoms with Gasteiger partial charge in [0.25, 0.3) is 11.8 Å². The van der Waals surface area contributed by atoms with Gasteiger partial charge in [0.2, 0.25) is 0 Å². The van der Waals surface area contributed by atoms with Gasteiger partial charge < -0.3 is 30.5 Å². The van der Waals surface area contributed by atoms with Gasteiger partial charge in [-0.1, -0.05) is 23.2 Å². The van der Waals surface area contributed by atoms with E-state index in [9.17, 15) is 19.1 Å². The van der Waals surface area contributed by atoms with E-state index in [0.717, 1.165) is 11.6 Å². The second-order valence-electron chi connectivity index (χ2n) is 11.1. The molecule has 7 rings (SSSR count). The Bertz CT molecular complexity index is 1270. The topological polar surface area (TPSA) is 109 Å². The maximum absolute atomic E-state index is 13.6. The highest BCUT2D eigenvalue weighted by molar-refractivity contribution is 6.31. The number of hydrogen-bond acceptors (Lipinski definition) is 6. The monoisotopic (exact) mass is 563 g/mol. The summed E-state index contributed by atoms with van der Waals surface area (Å²) in [5.41, 5.74) is 0.207. The fraction of sp³-hybridized carbons (Fsp3) is 0.481. The molecule has 1 aliphatic heterocycles. The molecule has 2 aromatic rings. The fourth-order valence-electron chi connectivity index (χ4n) is 6.21. The molecule has 1 heterocycles. The lowest BCUT2D eigenvalue weighted by molar-refractivity contribution is -0.154. The predicted molar refractivity (Wildman–Crippen MR) is 138 cm³/mol. The van der Waals surface area contributed by atoms with Gasteiger partial charge in [-0.15, -0.1) is 0 Å². The molecule has 0 unspecified atom stereocenters. The first-order chi connectivity index (χ1) is 18.1. The lowest BCUT2D eigenvalue weighted by Gasteiger charge is -2.70. The lowest BCUT2D eigenvalue weighted by Crippen LogP contribution is -2.84. The fourth-order valence-corrected chi connectivity index (χ4v) is 6.51. The Kier molecular flexibility index (Phi) is 6.45. The Labute approximate surface area is 229 Å². The van der Waals surface area contributed by atoms with Crippen LogP contribution < -0.4 is 25.4 Å². The average molecular weight is 564 g/mol. The Balaban J connectivity index is 1.01. The smallest absolute Gasteiger partial charge is 0.261 e. The Hall–Kier alpha value is -2.59. The second kappa shape index (κ2) is 9.55. The highest BCUT2D eigenvalue weighted by Crippen LogP contribution is 2.60. The van der Waals surface area contributed by atoms with Crippen LogP contribution in [0.15, 0.2) is 36.4 Å². The van der Waals surface area contributed by atoms with E-state index in [1.54, 1.807) is 12.1 Å². The summed E-state index contributed by atoms with van der Waals surface area (Å²) < 4.78 is 25.0. The minimum atomic E-state index is -0.668. The van der Waals surface area contributed by atoms with Crippen LogP contribution in [0, 0.1) is 5.82 Å². The third kappa shape index (κ3) is 4.93. The molecule has 4 fully saturated rings. The Morgan fingerprint density at radius 3 is 2.50 bits per heavy atom. The van der Waals surface area contributed by atoms with Gasteiger partial charge in [-0.25, -0.2) is 4.39 Å². The van der Waals surface area contributed by atoms with Crippen molar-refractivity contribution in [1.82, 2.24) is 16.0 Å². The van der Waals surface area contributed by atoms with Gasteiger partial charge in [0.1, 0.15) is 17.3 Å². The van der Waals surface area contributed by atoms with Gasteiger partial charge in [0, 0.05) is 46.2 Å². The van der Waals surface area contributed by atoms with Crippen LogP contribution in [-0.2, 0) is 9.59 Å². The van der Waals surface area contributed by atoms with Crippen LogP contribution in [0.4, 0.5) is 4.39 Å². The summed E-state index contributed by atoms with van der Waals surface area (Å²) in [6.45, 7) is -0.242. The number of fused-ring (bicyclic) bond motifs is 1. The molecule has 0 spiro atoms. The molecule has 2 amide bonds. The van der Waals surface area contributed by atoms with Crippen LogP contribution in [0.3, 0.4) is 0 Å². The summed E-state index contributed by atoms with van der Waals surface area (Å²) in [5, 5.41) is 19.9. The minimum Gasteiger partial charge on any atom is -0.484 e. The third-order valence-electron chi connectivity index (χ3n) is 7.99. The van der Waals surface area contributed by atoms with Crippen molar-refractivity contribution in [2.24, 2.45) is 0 Å². The number of halogens is 3. The van der Waals surface area contributed by atoms with E-state index in [0.29, 0.717) is 49.3 Å². The molecule has 4 aliphatic carbocycles. The van der Waals surface area contributed by atoms with E-state index < -0.39 is 11.9 Å². The molecule has 8 nitrogen and oxygen atoms in total. The van der Waals surface area contributed by atoms with Gasteiger partial charge in [-0.2, -0.15) is 0 Å². The molecular weight excluding hydrogens is 536 g/mol. The van der Waals surface area contributed by atoms with Crippen molar-refractivity contribution in [1.29, 1.82) is 0 Å². The molecule has 11 heteroatoms. The molecule has 202 valence electrons. The van der Waals surface area contributed by atoms with Crippen molar-refractivity contribution in [3.05, 3.63) is 57.8 Å². The van der Waals surface area contributed by atoms with Crippen molar-refractivity contribution >= 4 is 35.0 Å². The van der Waals surface area contributed by atoms with E-state index in [2.05, 4.69) is 16.0 Å². The second-order valence-corrected chi connectivity index (χ2v) is 11.9. The quantitative estimate of drug-likeness (QED) is 0.392. The van der Waals surface area contributed by atoms with E-state index in [1.165, 1.54) is 12.1 Å². The van der Waals surface area contributed by atoms with Gasteiger partial charge in [-0.3, -0.25) is 9.59 Å². The molecule has 2 atom stereocenters. The number of amides is 2. The van der Waals surface area contributed by atoms with Gasteiger partial charge in [-0.05, 0) is 62.4 Å². The Morgan fingerprint density at radius 2 is 1.79 bits per heavy atom. The van der Waals surface area contributed by atoms with Crippen molar-refractivity contribution in [2.75, 3.05) is 6.61 Å². The minimum absolute atomic E-state index is 0.0137. The number of benzene rings is 2. The van der Waals surface area contributed by atoms with E-state index in [-0.39, 0.29) is 58.5 Å². The summed E-state index contributed by atoms with van der Waals surface area (Å²) in [6, 6.07) is 9.47. The maximum Gasteiger partial charge on any atom is 0.261 e. The maximum atomic E-state index is 13.6. The highest BCUT2D eigenvalue weighted by atomic mass is 35.5. The number of carbonyl (C=O) groups excluding carboxylic acids is 2. The number of ether oxygens (including phenoxy) is 2. The normalized spacial score (nSPS) is 32.4. The van der Waals surface area contributed by atoms with Crippen molar-refractivity contribution in [2.45, 2.75) is 73.9 Å². The summed E-state index contributed by atoms with van der Waals surface area (Å²) in [7, 11) is 0. The first-order valence-electron chi connectivity index (χ1n) is 12.7. The molecule has 0 saturated heterocycles. The van der Waals surface area contributed by atoms with Crippen LogP contribution in [0.2, 0.25) is 10.0 Å². The molecule has 0 radical (unpaired) electrons. The zero-order chi connectivity index (χ0) is 26.7. The number of aliphatic hydroxyl groups excluding tert-OH is 1. The van der Waals surface area contributed by atoms with E-state index >= 15 is 0 Å². The number of hydrogen-bond donors (Lipinski definition) is 4. The number of aliphatic hydroxyl groups is 1. The van der Waals surface area contributed by atoms with Crippen LogP contribution in [-0.4, -0.2) is 52.9 Å².